The highest BCUT2D eigenvalue weighted by Gasteiger charge is 2.49. The predicted octanol–water partition coefficient (Wildman–Crippen LogP) is 16.7. The molecule has 1 aliphatic rings. The molecule has 6 aromatic rings. The van der Waals surface area contributed by atoms with Crippen LogP contribution in [0.1, 0.15) is 33.4 Å². The first-order valence-electron chi connectivity index (χ1n) is 21.5. The number of rotatable bonds is 24. The van der Waals surface area contributed by atoms with Crippen LogP contribution in [0, 0.1) is 0 Å². The van der Waals surface area contributed by atoms with Crippen LogP contribution in [0.2, 0.25) is 0 Å². The fraction of sp³-hybridized carbons (Fsp3) is 0.111. The van der Waals surface area contributed by atoms with E-state index in [-0.39, 0.29) is 0 Å². The maximum Gasteiger partial charge on any atom is 0.460 e. The lowest BCUT2D eigenvalue weighted by molar-refractivity contribution is 0.443. The highest BCUT2D eigenvalue weighted by atomic mass is 31.3. The summed E-state index contributed by atoms with van der Waals surface area (Å²) in [6, 6.07) is 45.7. The normalized spacial score (nSPS) is 14.0. The van der Waals surface area contributed by atoms with Crippen LogP contribution in [0.25, 0.3) is 0 Å². The molecule has 0 spiro atoms. The van der Waals surface area contributed by atoms with Crippen molar-refractivity contribution in [3.05, 3.63) is 255 Å². The van der Waals surface area contributed by atoms with Gasteiger partial charge in [0.15, 0.2) is 0 Å². The zero-order valence-electron chi connectivity index (χ0n) is 36.9. The summed E-state index contributed by atoms with van der Waals surface area (Å²) < 4.78 is 58.6. The van der Waals surface area contributed by atoms with Gasteiger partial charge in [-0.2, -0.15) is 0 Å². The summed E-state index contributed by atoms with van der Waals surface area (Å²) in [5, 5.41) is 0. The molecule has 0 aromatic heterocycles. The lowest BCUT2D eigenvalue weighted by Gasteiger charge is -2.33. The number of benzene rings is 6. The topological polar surface area (TPSA) is 92.5 Å². The van der Waals surface area contributed by atoms with Crippen LogP contribution >= 0.6 is 23.0 Å². The summed E-state index contributed by atoms with van der Waals surface area (Å²) in [7, 11) is -12.3. The van der Waals surface area contributed by atoms with Crippen molar-refractivity contribution in [2.45, 2.75) is 38.5 Å². The lowest BCUT2D eigenvalue weighted by Crippen LogP contribution is -2.11. The Morgan fingerprint density at radius 1 is 0.258 bits per heavy atom. The third-order valence-corrected chi connectivity index (χ3v) is 18.0. The van der Waals surface area contributed by atoms with Gasteiger partial charge in [0.25, 0.3) is 0 Å². The Morgan fingerprint density at radius 3 is 0.515 bits per heavy atom. The number of allylic oxidation sites excluding steroid dienone is 6. The molecule has 0 unspecified atom stereocenters. The second kappa shape index (κ2) is 22.4. The van der Waals surface area contributed by atoms with Crippen molar-refractivity contribution < 1.29 is 27.1 Å². The molecule has 1 aliphatic heterocycles. The number of nitrogens with zero attached hydrogens (tertiary/aromatic N) is 3. The molecule has 0 fully saturated rings. The van der Waals surface area contributed by atoms with Crippen molar-refractivity contribution in [1.82, 2.24) is 0 Å². The standard InChI is InChI=1S/C54H54N3O6P3/c1-7-13-43-19-31-49(32-20-43)58-64(59-50-33-21-44(14-8-2)22-34-50)55-65(60-51-35-23-45(15-9-3)24-36-51,61-52-37-25-46(16-10-4)26-38-52)57-66(56-64,62-53-39-27-47(17-11-5)28-40-53)63-54-41-29-48(18-12-6)30-42-54/h7-12,19-42H,1-6,13-18H2. The van der Waals surface area contributed by atoms with Gasteiger partial charge in [0, 0.05) is 0 Å². The van der Waals surface area contributed by atoms with Crippen LogP contribution in [-0.4, -0.2) is 0 Å². The molecule has 9 nitrogen and oxygen atoms in total. The van der Waals surface area contributed by atoms with Gasteiger partial charge < -0.3 is 27.1 Å². The second-order valence-electron chi connectivity index (χ2n) is 15.1. The molecule has 1 heterocycles. The van der Waals surface area contributed by atoms with E-state index in [4.69, 9.17) is 40.7 Å². The van der Waals surface area contributed by atoms with Gasteiger partial charge in [-0.15, -0.1) is 39.5 Å². The first kappa shape index (κ1) is 47.2. The van der Waals surface area contributed by atoms with Crippen molar-refractivity contribution in [2.75, 3.05) is 0 Å². The van der Waals surface area contributed by atoms with Crippen molar-refractivity contribution in [2.24, 2.45) is 13.5 Å². The van der Waals surface area contributed by atoms with E-state index in [0.717, 1.165) is 33.4 Å². The zero-order valence-corrected chi connectivity index (χ0v) is 39.6. The van der Waals surface area contributed by atoms with E-state index < -0.39 is 23.0 Å². The molecule has 0 bridgehead atoms. The molecule has 0 saturated heterocycles. The molecule has 0 amide bonds. The fourth-order valence-corrected chi connectivity index (χ4v) is 15.8. The Balaban J connectivity index is 1.55. The first-order valence-corrected chi connectivity index (χ1v) is 26.1. The van der Waals surface area contributed by atoms with E-state index in [1.165, 1.54) is 0 Å². The smallest absolute Gasteiger partial charge is 0.413 e. The summed E-state index contributed by atoms with van der Waals surface area (Å²) in [6.45, 7) is 23.5. The molecule has 66 heavy (non-hydrogen) atoms. The van der Waals surface area contributed by atoms with Crippen molar-refractivity contribution in [3.8, 4) is 34.5 Å². The van der Waals surface area contributed by atoms with E-state index in [1.54, 1.807) is 0 Å². The molecule has 6 aromatic carbocycles. The van der Waals surface area contributed by atoms with Gasteiger partial charge in [-0.25, -0.2) is 0 Å². The minimum atomic E-state index is -4.11. The Kier molecular flexibility index (Phi) is 16.1. The third-order valence-electron chi connectivity index (χ3n) is 9.84. The van der Waals surface area contributed by atoms with Gasteiger partial charge in [-0.05, 0) is 145 Å². The quantitative estimate of drug-likeness (QED) is 0.0443. The lowest BCUT2D eigenvalue weighted by atomic mass is 10.1. The van der Waals surface area contributed by atoms with Crippen LogP contribution in [0.4, 0.5) is 0 Å². The summed E-state index contributed by atoms with van der Waals surface area (Å²) in [5.74, 6) is 2.56. The first-order chi connectivity index (χ1) is 32.2. The van der Waals surface area contributed by atoms with Crippen LogP contribution in [0.15, 0.2) is 235 Å². The average Bonchev–Trinajstić information content (AvgIpc) is 3.31. The van der Waals surface area contributed by atoms with Gasteiger partial charge >= 0.3 is 23.0 Å². The monoisotopic (exact) mass is 933 g/mol. The van der Waals surface area contributed by atoms with Crippen molar-refractivity contribution >= 4 is 23.0 Å². The van der Waals surface area contributed by atoms with Crippen molar-refractivity contribution in [1.29, 1.82) is 0 Å². The minimum absolute atomic E-state index is 0.426. The van der Waals surface area contributed by atoms with E-state index in [1.807, 2.05) is 182 Å². The number of hydrogen-bond acceptors (Lipinski definition) is 9. The largest absolute Gasteiger partial charge is 0.460 e. The Hall–Kier alpha value is -6.75. The summed E-state index contributed by atoms with van der Waals surface area (Å²) in [4.78, 5) is 0. The van der Waals surface area contributed by atoms with Gasteiger partial charge in [-0.1, -0.05) is 123 Å². The zero-order chi connectivity index (χ0) is 46.2. The molecule has 336 valence electrons. The van der Waals surface area contributed by atoms with Crippen molar-refractivity contribution in [3.63, 3.8) is 0 Å². The van der Waals surface area contributed by atoms with E-state index in [2.05, 4.69) is 39.5 Å². The van der Waals surface area contributed by atoms with E-state index in [9.17, 15) is 0 Å². The average molecular weight is 934 g/mol. The van der Waals surface area contributed by atoms with Crippen LogP contribution < -0.4 is 27.1 Å². The molecule has 0 N–H and O–H groups in total. The Labute approximate surface area is 389 Å². The molecular weight excluding hydrogens is 880 g/mol. The van der Waals surface area contributed by atoms with Gasteiger partial charge in [0.05, 0.1) is 0 Å². The Bertz CT molecular complexity index is 2310. The molecule has 0 aliphatic carbocycles. The maximum absolute atomic E-state index is 7.07. The van der Waals surface area contributed by atoms with Gasteiger partial charge in [0.1, 0.15) is 34.5 Å². The molecule has 0 saturated carbocycles. The Morgan fingerprint density at radius 2 is 0.394 bits per heavy atom. The molecule has 0 atom stereocenters. The second-order valence-corrected chi connectivity index (χ2v) is 21.3. The minimum Gasteiger partial charge on any atom is -0.413 e. The molecule has 12 heteroatoms. The summed E-state index contributed by atoms with van der Waals surface area (Å²) >= 11 is 0. The third kappa shape index (κ3) is 12.7. The van der Waals surface area contributed by atoms with E-state index >= 15 is 0 Å². The van der Waals surface area contributed by atoms with Crippen LogP contribution in [0.5, 0.6) is 34.5 Å². The molecule has 0 radical (unpaired) electrons. The van der Waals surface area contributed by atoms with Gasteiger partial charge in [0.2, 0.25) is 0 Å². The van der Waals surface area contributed by atoms with E-state index in [0.29, 0.717) is 73.0 Å². The molecular formula is C54H54N3O6P3. The summed E-state index contributed by atoms with van der Waals surface area (Å²) in [5.41, 5.74) is 6.24. The SMILES string of the molecule is C=CCc1ccc(OP2(Oc3ccc(CC=C)cc3)=NP(Oc3ccc(CC=C)cc3)(Oc3ccc(CC=C)cc3)=NP(Oc3ccc(CC=C)cc3)(Oc3ccc(CC=C)cc3)=N2)cc1. The number of hydrogen-bond donors (Lipinski definition) is 0. The summed E-state index contributed by atoms with van der Waals surface area (Å²) in [6.07, 6.45) is 15.1. The highest BCUT2D eigenvalue weighted by molar-refractivity contribution is 7.79. The van der Waals surface area contributed by atoms with Crippen LogP contribution in [-0.2, 0) is 38.5 Å². The van der Waals surface area contributed by atoms with Crippen LogP contribution in [0.3, 0.4) is 0 Å². The highest BCUT2D eigenvalue weighted by Crippen LogP contribution is 2.78. The fourth-order valence-electron chi connectivity index (χ4n) is 6.70. The molecule has 7 rings (SSSR count). The predicted molar refractivity (Wildman–Crippen MR) is 274 cm³/mol. The van der Waals surface area contributed by atoms with Gasteiger partial charge in [-0.3, -0.25) is 0 Å². The maximum atomic E-state index is 7.07.